The lowest BCUT2D eigenvalue weighted by atomic mass is 10.1. The number of benzene rings is 3. The minimum Gasteiger partial charge on any atom is -0.361 e. The lowest BCUT2D eigenvalue weighted by Crippen LogP contribution is -2.31. The zero-order valence-electron chi connectivity index (χ0n) is 18.0. The highest BCUT2D eigenvalue weighted by atomic mass is 16.2. The van der Waals surface area contributed by atoms with Crippen molar-refractivity contribution in [2.45, 2.75) is 12.8 Å². The molecule has 0 aliphatic carbocycles. The van der Waals surface area contributed by atoms with Crippen LogP contribution in [-0.4, -0.2) is 40.7 Å². The van der Waals surface area contributed by atoms with E-state index in [1.54, 1.807) is 12.1 Å². The number of aromatic nitrogens is 1. The van der Waals surface area contributed by atoms with Crippen molar-refractivity contribution in [1.82, 2.24) is 15.2 Å². The SMILES string of the molecule is O=C(NCCc1c[nH]c2ccccc12)c1ccc2c(c1)C(=O)N(CCc1ccccc1)C2=O. The van der Waals surface area contributed by atoms with Crippen molar-refractivity contribution < 1.29 is 14.4 Å². The van der Waals surface area contributed by atoms with E-state index in [9.17, 15) is 14.4 Å². The summed E-state index contributed by atoms with van der Waals surface area (Å²) in [5.41, 5.74) is 4.27. The van der Waals surface area contributed by atoms with Crippen molar-refractivity contribution in [3.63, 3.8) is 0 Å². The van der Waals surface area contributed by atoms with Crippen molar-refractivity contribution in [2.75, 3.05) is 13.1 Å². The van der Waals surface area contributed by atoms with Crippen molar-refractivity contribution in [3.8, 4) is 0 Å². The average molecular weight is 437 g/mol. The van der Waals surface area contributed by atoms with E-state index in [0.29, 0.717) is 37.1 Å². The first-order chi connectivity index (χ1) is 16.1. The standard InChI is InChI=1S/C27H23N3O3/c31-25(28-14-12-20-17-29-24-9-5-4-8-21(20)24)19-10-11-22-23(16-19)27(33)30(26(22)32)15-13-18-6-2-1-3-7-18/h1-11,16-17,29H,12-15H2,(H,28,31). The number of hydrogen-bond acceptors (Lipinski definition) is 3. The van der Waals surface area contributed by atoms with Crippen LogP contribution >= 0.6 is 0 Å². The topological polar surface area (TPSA) is 82.3 Å². The van der Waals surface area contributed by atoms with Crippen LogP contribution in [-0.2, 0) is 12.8 Å². The molecule has 33 heavy (non-hydrogen) atoms. The van der Waals surface area contributed by atoms with Crippen LogP contribution in [0.15, 0.2) is 79.0 Å². The lowest BCUT2D eigenvalue weighted by molar-refractivity contribution is 0.0656. The highest BCUT2D eigenvalue weighted by Gasteiger charge is 2.35. The quantitative estimate of drug-likeness (QED) is 0.429. The van der Waals surface area contributed by atoms with Gasteiger partial charge < -0.3 is 10.3 Å². The molecule has 4 aromatic rings. The Kier molecular flexibility index (Phi) is 5.48. The number of fused-ring (bicyclic) bond motifs is 2. The Labute approximate surface area is 191 Å². The Morgan fingerprint density at radius 2 is 1.61 bits per heavy atom. The first-order valence-corrected chi connectivity index (χ1v) is 11.0. The number of amides is 3. The smallest absolute Gasteiger partial charge is 0.261 e. The van der Waals surface area contributed by atoms with Crippen LogP contribution in [0, 0.1) is 0 Å². The van der Waals surface area contributed by atoms with Gasteiger partial charge in [-0.2, -0.15) is 0 Å². The van der Waals surface area contributed by atoms with Gasteiger partial charge in [0, 0.05) is 35.8 Å². The molecule has 3 aromatic carbocycles. The number of nitrogens with zero attached hydrogens (tertiary/aromatic N) is 1. The molecule has 6 nitrogen and oxygen atoms in total. The molecule has 1 aromatic heterocycles. The van der Waals surface area contributed by atoms with Gasteiger partial charge in [0.15, 0.2) is 0 Å². The predicted octanol–water partition coefficient (Wildman–Crippen LogP) is 3.98. The van der Waals surface area contributed by atoms with Crippen molar-refractivity contribution in [3.05, 3.63) is 107 Å². The summed E-state index contributed by atoms with van der Waals surface area (Å²) in [5, 5.41) is 4.06. The molecule has 0 fully saturated rings. The van der Waals surface area contributed by atoms with Crippen LogP contribution in [0.1, 0.15) is 42.2 Å². The Hall–Kier alpha value is -4.19. The molecule has 0 saturated heterocycles. The molecule has 0 unspecified atom stereocenters. The minimum atomic E-state index is -0.348. The van der Waals surface area contributed by atoms with Crippen LogP contribution < -0.4 is 5.32 Å². The summed E-state index contributed by atoms with van der Waals surface area (Å²) in [6.45, 7) is 0.774. The van der Waals surface area contributed by atoms with E-state index in [1.165, 1.54) is 11.0 Å². The minimum absolute atomic E-state index is 0.263. The van der Waals surface area contributed by atoms with Crippen molar-refractivity contribution >= 4 is 28.6 Å². The Morgan fingerprint density at radius 1 is 0.848 bits per heavy atom. The van der Waals surface area contributed by atoms with Gasteiger partial charge in [0.05, 0.1) is 11.1 Å². The Morgan fingerprint density at radius 3 is 2.45 bits per heavy atom. The molecule has 164 valence electrons. The van der Waals surface area contributed by atoms with E-state index in [1.807, 2.05) is 54.7 Å². The normalized spacial score (nSPS) is 12.9. The van der Waals surface area contributed by atoms with Gasteiger partial charge >= 0.3 is 0 Å². The number of aromatic amines is 1. The number of rotatable bonds is 7. The number of para-hydroxylation sites is 1. The fourth-order valence-electron chi connectivity index (χ4n) is 4.27. The van der Waals surface area contributed by atoms with Crippen LogP contribution in [0.25, 0.3) is 10.9 Å². The zero-order valence-corrected chi connectivity index (χ0v) is 18.0. The second kappa shape index (κ2) is 8.74. The number of carbonyl (C=O) groups is 3. The van der Waals surface area contributed by atoms with E-state index >= 15 is 0 Å². The van der Waals surface area contributed by atoms with E-state index in [0.717, 1.165) is 22.0 Å². The lowest BCUT2D eigenvalue weighted by Gasteiger charge is -2.13. The highest BCUT2D eigenvalue weighted by molar-refractivity contribution is 6.22. The summed E-state index contributed by atoms with van der Waals surface area (Å²) >= 11 is 0. The van der Waals surface area contributed by atoms with Gasteiger partial charge in [0.25, 0.3) is 17.7 Å². The first-order valence-electron chi connectivity index (χ1n) is 11.0. The van der Waals surface area contributed by atoms with Gasteiger partial charge in [-0.25, -0.2) is 0 Å². The molecule has 1 aliphatic heterocycles. The average Bonchev–Trinajstić information content (AvgIpc) is 3.37. The molecule has 0 radical (unpaired) electrons. The highest BCUT2D eigenvalue weighted by Crippen LogP contribution is 2.24. The van der Waals surface area contributed by atoms with E-state index < -0.39 is 0 Å². The summed E-state index contributed by atoms with van der Waals surface area (Å²) in [4.78, 5) is 42.8. The first kappa shape index (κ1) is 20.7. The van der Waals surface area contributed by atoms with Crippen LogP contribution in [0.3, 0.4) is 0 Å². The van der Waals surface area contributed by atoms with E-state index in [4.69, 9.17) is 0 Å². The second-order valence-corrected chi connectivity index (χ2v) is 8.12. The number of hydrogen-bond donors (Lipinski definition) is 2. The number of carbonyl (C=O) groups excluding carboxylic acids is 3. The number of imide groups is 1. The summed E-state index contributed by atoms with van der Waals surface area (Å²) in [5.74, 6) is -0.919. The Balaban J connectivity index is 1.23. The maximum absolute atomic E-state index is 12.9. The zero-order chi connectivity index (χ0) is 22.8. The largest absolute Gasteiger partial charge is 0.361 e. The summed E-state index contributed by atoms with van der Waals surface area (Å²) in [6.07, 6.45) is 3.24. The van der Waals surface area contributed by atoms with Gasteiger partial charge in [0.1, 0.15) is 0 Å². The summed E-state index contributed by atoms with van der Waals surface area (Å²) in [7, 11) is 0. The third-order valence-electron chi connectivity index (χ3n) is 6.05. The van der Waals surface area contributed by atoms with Crippen molar-refractivity contribution in [2.24, 2.45) is 0 Å². The maximum atomic E-state index is 12.9. The van der Waals surface area contributed by atoms with Gasteiger partial charge in [-0.05, 0) is 48.2 Å². The maximum Gasteiger partial charge on any atom is 0.261 e. The Bertz CT molecular complexity index is 1360. The fourth-order valence-corrected chi connectivity index (χ4v) is 4.27. The molecule has 0 saturated carbocycles. The summed E-state index contributed by atoms with van der Waals surface area (Å²) < 4.78 is 0. The number of nitrogens with one attached hydrogen (secondary N) is 2. The monoisotopic (exact) mass is 437 g/mol. The van der Waals surface area contributed by atoms with Crippen LogP contribution in [0.5, 0.6) is 0 Å². The molecule has 0 spiro atoms. The van der Waals surface area contributed by atoms with Crippen molar-refractivity contribution in [1.29, 1.82) is 0 Å². The molecule has 2 heterocycles. The molecule has 1 aliphatic rings. The molecule has 0 atom stereocenters. The molecule has 3 amide bonds. The summed E-state index contributed by atoms with van der Waals surface area (Å²) in [6, 6.07) is 22.5. The van der Waals surface area contributed by atoms with E-state index in [-0.39, 0.29) is 23.3 Å². The molecular formula is C27H23N3O3. The predicted molar refractivity (Wildman–Crippen MR) is 126 cm³/mol. The molecule has 2 N–H and O–H groups in total. The molecular weight excluding hydrogens is 414 g/mol. The third kappa shape index (κ3) is 4.03. The van der Waals surface area contributed by atoms with Gasteiger partial charge in [0.2, 0.25) is 0 Å². The fraction of sp³-hybridized carbons (Fsp3) is 0.148. The van der Waals surface area contributed by atoms with E-state index in [2.05, 4.69) is 16.4 Å². The third-order valence-corrected chi connectivity index (χ3v) is 6.05. The molecule has 5 rings (SSSR count). The molecule has 0 bridgehead atoms. The van der Waals surface area contributed by atoms with Gasteiger partial charge in [-0.15, -0.1) is 0 Å². The van der Waals surface area contributed by atoms with Crippen LogP contribution in [0.4, 0.5) is 0 Å². The van der Waals surface area contributed by atoms with Crippen LogP contribution in [0.2, 0.25) is 0 Å². The second-order valence-electron chi connectivity index (χ2n) is 8.12. The number of H-pyrrole nitrogens is 1. The van der Waals surface area contributed by atoms with Gasteiger partial charge in [-0.3, -0.25) is 19.3 Å². The molecule has 6 heteroatoms. The van der Waals surface area contributed by atoms with Gasteiger partial charge in [-0.1, -0.05) is 48.5 Å².